The molecule has 0 saturated carbocycles. The third kappa shape index (κ3) is 4.73. The Labute approximate surface area is 114 Å². The summed E-state index contributed by atoms with van der Waals surface area (Å²) in [7, 11) is 0. The highest BCUT2D eigenvalue weighted by atomic mass is 16.1. The summed E-state index contributed by atoms with van der Waals surface area (Å²) in [5, 5.41) is 9.16. The van der Waals surface area contributed by atoms with Crippen LogP contribution < -0.4 is 16.0 Å². The molecule has 1 amide bonds. The second kappa shape index (κ2) is 7.56. The molecule has 0 saturated heterocycles. The van der Waals surface area contributed by atoms with Gasteiger partial charge < -0.3 is 16.0 Å². The molecule has 0 unspecified atom stereocenters. The maximum Gasteiger partial charge on any atom is 0.221 e. The maximum atomic E-state index is 11.4. The smallest absolute Gasteiger partial charge is 0.221 e. The van der Waals surface area contributed by atoms with Gasteiger partial charge in [-0.3, -0.25) is 4.79 Å². The van der Waals surface area contributed by atoms with E-state index >= 15 is 0 Å². The molecule has 0 radical (unpaired) electrons. The number of carbonyl (C=O) groups is 1. The average molecular weight is 265 g/mol. The Morgan fingerprint density at radius 3 is 2.26 bits per heavy atom. The molecule has 0 bridgehead atoms. The van der Waals surface area contributed by atoms with E-state index < -0.39 is 0 Å². The summed E-state index contributed by atoms with van der Waals surface area (Å²) in [5.41, 5.74) is 0.975. The number of amides is 1. The Morgan fingerprint density at radius 2 is 1.68 bits per heavy atom. The van der Waals surface area contributed by atoms with Gasteiger partial charge in [-0.15, -0.1) is 0 Å². The zero-order valence-corrected chi connectivity index (χ0v) is 12.1. The van der Waals surface area contributed by atoms with Gasteiger partial charge in [0.05, 0.1) is 0 Å². The summed E-state index contributed by atoms with van der Waals surface area (Å²) in [6, 6.07) is 0. The van der Waals surface area contributed by atoms with E-state index in [1.165, 1.54) is 0 Å². The SMILES string of the molecule is CCNC(=O)CCNc1nc(C)nc(NCC)c1C. The maximum absolute atomic E-state index is 11.4. The Balaban J connectivity index is 2.65. The zero-order valence-electron chi connectivity index (χ0n) is 12.1. The van der Waals surface area contributed by atoms with Crippen molar-refractivity contribution in [3.8, 4) is 0 Å². The molecule has 0 aliphatic carbocycles. The number of nitrogens with zero attached hydrogens (tertiary/aromatic N) is 2. The predicted octanol–water partition coefficient (Wildman–Crippen LogP) is 1.46. The van der Waals surface area contributed by atoms with Crippen LogP contribution in [0.3, 0.4) is 0 Å². The van der Waals surface area contributed by atoms with Crippen LogP contribution in [0, 0.1) is 13.8 Å². The number of aryl methyl sites for hydroxylation is 1. The second-order valence-corrected chi connectivity index (χ2v) is 4.25. The monoisotopic (exact) mass is 265 g/mol. The van der Waals surface area contributed by atoms with Crippen molar-refractivity contribution in [2.75, 3.05) is 30.3 Å². The van der Waals surface area contributed by atoms with Crippen LogP contribution in [-0.2, 0) is 4.79 Å². The van der Waals surface area contributed by atoms with Crippen LogP contribution in [0.4, 0.5) is 11.6 Å². The fourth-order valence-corrected chi connectivity index (χ4v) is 1.72. The highest BCUT2D eigenvalue weighted by Gasteiger charge is 2.08. The lowest BCUT2D eigenvalue weighted by atomic mass is 10.3. The Morgan fingerprint density at radius 1 is 1.05 bits per heavy atom. The summed E-state index contributed by atoms with van der Waals surface area (Å²) >= 11 is 0. The minimum Gasteiger partial charge on any atom is -0.370 e. The molecule has 106 valence electrons. The molecular formula is C13H23N5O. The number of hydrogen-bond donors (Lipinski definition) is 3. The Bertz CT molecular complexity index is 433. The van der Waals surface area contributed by atoms with Crippen LogP contribution in [0.5, 0.6) is 0 Å². The lowest BCUT2D eigenvalue weighted by Gasteiger charge is -2.13. The van der Waals surface area contributed by atoms with Gasteiger partial charge in [0.1, 0.15) is 17.5 Å². The zero-order chi connectivity index (χ0) is 14.3. The Kier molecular flexibility index (Phi) is 6.05. The van der Waals surface area contributed by atoms with E-state index in [-0.39, 0.29) is 5.91 Å². The first-order valence-electron chi connectivity index (χ1n) is 6.68. The first-order chi connectivity index (χ1) is 9.08. The van der Waals surface area contributed by atoms with E-state index in [4.69, 9.17) is 0 Å². The van der Waals surface area contributed by atoms with Crippen LogP contribution in [0.25, 0.3) is 0 Å². The minimum absolute atomic E-state index is 0.0466. The highest BCUT2D eigenvalue weighted by molar-refractivity contribution is 5.76. The van der Waals surface area contributed by atoms with Crippen LogP contribution in [0.2, 0.25) is 0 Å². The van der Waals surface area contributed by atoms with E-state index in [9.17, 15) is 4.79 Å². The van der Waals surface area contributed by atoms with Crippen LogP contribution in [-0.4, -0.2) is 35.5 Å². The molecule has 1 aromatic rings. The van der Waals surface area contributed by atoms with E-state index in [0.29, 0.717) is 25.3 Å². The van der Waals surface area contributed by atoms with Crippen molar-refractivity contribution in [3.05, 3.63) is 11.4 Å². The van der Waals surface area contributed by atoms with Gasteiger partial charge in [-0.05, 0) is 27.7 Å². The quantitative estimate of drug-likeness (QED) is 0.695. The van der Waals surface area contributed by atoms with Gasteiger partial charge in [0.15, 0.2) is 0 Å². The van der Waals surface area contributed by atoms with E-state index in [1.807, 2.05) is 27.7 Å². The molecule has 19 heavy (non-hydrogen) atoms. The molecule has 0 aliphatic heterocycles. The van der Waals surface area contributed by atoms with Crippen molar-refractivity contribution in [1.82, 2.24) is 15.3 Å². The fraction of sp³-hybridized carbons (Fsp3) is 0.615. The van der Waals surface area contributed by atoms with Crippen molar-refractivity contribution < 1.29 is 4.79 Å². The van der Waals surface area contributed by atoms with Gasteiger partial charge in [-0.25, -0.2) is 9.97 Å². The lowest BCUT2D eigenvalue weighted by molar-refractivity contribution is -0.120. The Hall–Kier alpha value is -1.85. The molecular weight excluding hydrogens is 242 g/mol. The standard InChI is InChI=1S/C13H23N5O/c1-5-14-11(19)7-8-16-13-9(3)12(15-6-2)17-10(4)18-13/h5-8H2,1-4H3,(H,14,19)(H2,15,16,17,18). The molecule has 3 N–H and O–H groups in total. The first kappa shape index (κ1) is 15.2. The van der Waals surface area contributed by atoms with Gasteiger partial charge in [0.2, 0.25) is 5.91 Å². The normalized spacial score (nSPS) is 10.1. The number of anilines is 2. The molecule has 1 aromatic heterocycles. The largest absolute Gasteiger partial charge is 0.370 e. The van der Waals surface area contributed by atoms with Gasteiger partial charge >= 0.3 is 0 Å². The lowest BCUT2D eigenvalue weighted by Crippen LogP contribution is -2.25. The van der Waals surface area contributed by atoms with E-state index in [2.05, 4.69) is 25.9 Å². The summed E-state index contributed by atoms with van der Waals surface area (Å²) in [6.45, 7) is 9.80. The molecule has 0 aromatic carbocycles. The summed E-state index contributed by atoms with van der Waals surface area (Å²) in [5.74, 6) is 2.38. The first-order valence-corrected chi connectivity index (χ1v) is 6.68. The predicted molar refractivity (Wildman–Crippen MR) is 77.5 cm³/mol. The van der Waals surface area contributed by atoms with Crippen molar-refractivity contribution in [3.63, 3.8) is 0 Å². The highest BCUT2D eigenvalue weighted by Crippen LogP contribution is 2.19. The van der Waals surface area contributed by atoms with E-state index in [1.54, 1.807) is 0 Å². The molecule has 6 heteroatoms. The van der Waals surface area contributed by atoms with Gasteiger partial charge in [0.25, 0.3) is 0 Å². The fourth-order valence-electron chi connectivity index (χ4n) is 1.72. The van der Waals surface area contributed by atoms with Crippen molar-refractivity contribution in [2.24, 2.45) is 0 Å². The summed E-state index contributed by atoms with van der Waals surface area (Å²) in [6.07, 6.45) is 0.437. The van der Waals surface area contributed by atoms with Crippen molar-refractivity contribution >= 4 is 17.5 Å². The van der Waals surface area contributed by atoms with Crippen molar-refractivity contribution in [1.29, 1.82) is 0 Å². The number of carbonyl (C=O) groups excluding carboxylic acids is 1. The number of rotatable bonds is 7. The van der Waals surface area contributed by atoms with Crippen LogP contribution >= 0.6 is 0 Å². The molecule has 1 heterocycles. The topological polar surface area (TPSA) is 78.9 Å². The molecule has 1 rings (SSSR count). The van der Waals surface area contributed by atoms with Gasteiger partial charge in [0, 0.05) is 31.6 Å². The van der Waals surface area contributed by atoms with Crippen LogP contribution in [0.15, 0.2) is 0 Å². The number of aromatic nitrogens is 2. The van der Waals surface area contributed by atoms with Crippen LogP contribution in [0.1, 0.15) is 31.7 Å². The minimum atomic E-state index is 0.0466. The second-order valence-electron chi connectivity index (χ2n) is 4.25. The number of hydrogen-bond acceptors (Lipinski definition) is 5. The average Bonchev–Trinajstić information content (AvgIpc) is 2.35. The third-order valence-corrected chi connectivity index (χ3v) is 2.62. The third-order valence-electron chi connectivity index (χ3n) is 2.62. The number of nitrogens with one attached hydrogen (secondary N) is 3. The summed E-state index contributed by atoms with van der Waals surface area (Å²) in [4.78, 5) is 20.1. The van der Waals surface area contributed by atoms with Gasteiger partial charge in [-0.1, -0.05) is 0 Å². The molecule has 0 spiro atoms. The molecule has 0 atom stereocenters. The summed E-state index contributed by atoms with van der Waals surface area (Å²) < 4.78 is 0. The van der Waals surface area contributed by atoms with Crippen molar-refractivity contribution in [2.45, 2.75) is 34.1 Å². The van der Waals surface area contributed by atoms with Gasteiger partial charge in [-0.2, -0.15) is 0 Å². The molecule has 0 fully saturated rings. The molecule has 0 aliphatic rings. The van der Waals surface area contributed by atoms with E-state index in [0.717, 1.165) is 23.7 Å². The molecule has 6 nitrogen and oxygen atoms in total.